The number of likely N-dealkylation sites (tertiary alicyclic amines) is 1. The van der Waals surface area contributed by atoms with Gasteiger partial charge < -0.3 is 10.2 Å². The third kappa shape index (κ3) is 3.74. The van der Waals surface area contributed by atoms with Crippen LogP contribution in [-0.4, -0.2) is 35.8 Å². The fourth-order valence-electron chi connectivity index (χ4n) is 3.73. The summed E-state index contributed by atoms with van der Waals surface area (Å²) in [7, 11) is 0. The van der Waals surface area contributed by atoms with E-state index < -0.39 is 5.91 Å². The lowest BCUT2D eigenvalue weighted by molar-refractivity contribution is -0.148. The maximum absolute atomic E-state index is 12.3. The normalized spacial score (nSPS) is 34.6. The van der Waals surface area contributed by atoms with Crippen molar-refractivity contribution >= 4 is 11.8 Å². The minimum absolute atomic E-state index is 0.180. The number of nitrogens with zero attached hydrogens (tertiary/aromatic N) is 1. The fraction of sp³-hybridized carbons (Fsp3) is 0.875. The van der Waals surface area contributed by atoms with Crippen molar-refractivity contribution in [3.63, 3.8) is 0 Å². The van der Waals surface area contributed by atoms with E-state index in [1.165, 1.54) is 6.42 Å². The Kier molecular flexibility index (Phi) is 5.06. The molecule has 20 heavy (non-hydrogen) atoms. The van der Waals surface area contributed by atoms with Gasteiger partial charge >= 0.3 is 11.8 Å². The van der Waals surface area contributed by atoms with E-state index in [1.807, 2.05) is 0 Å². The molecule has 1 heterocycles. The lowest BCUT2D eigenvalue weighted by Crippen LogP contribution is -2.52. The van der Waals surface area contributed by atoms with E-state index in [-0.39, 0.29) is 11.9 Å². The number of amides is 2. The summed E-state index contributed by atoms with van der Waals surface area (Å²) in [6.07, 6.45) is 5.69. The van der Waals surface area contributed by atoms with E-state index in [2.05, 4.69) is 26.1 Å². The molecule has 1 saturated carbocycles. The standard InChI is InChI=1S/C16H28N2O2/c1-11-8-12(2)10-18(9-11)16(20)15(19)17-14-7-5-4-6-13(14)3/h11-14H,4-10H2,1-3H3,(H,17,19). The first-order chi connectivity index (χ1) is 9.47. The van der Waals surface area contributed by atoms with Gasteiger partial charge in [0.1, 0.15) is 0 Å². The highest BCUT2D eigenvalue weighted by Crippen LogP contribution is 2.24. The van der Waals surface area contributed by atoms with Crippen molar-refractivity contribution in [1.29, 1.82) is 0 Å². The number of piperidine rings is 1. The second-order valence-corrected chi connectivity index (χ2v) is 7.00. The first kappa shape index (κ1) is 15.3. The Morgan fingerprint density at radius 3 is 2.20 bits per heavy atom. The molecule has 4 atom stereocenters. The van der Waals surface area contributed by atoms with Crippen LogP contribution in [0.2, 0.25) is 0 Å². The van der Waals surface area contributed by atoms with Crippen molar-refractivity contribution in [1.82, 2.24) is 10.2 Å². The number of hydrogen-bond acceptors (Lipinski definition) is 2. The van der Waals surface area contributed by atoms with Crippen LogP contribution in [0.3, 0.4) is 0 Å². The lowest BCUT2D eigenvalue weighted by Gasteiger charge is -2.35. The second kappa shape index (κ2) is 6.59. The minimum Gasteiger partial charge on any atom is -0.345 e. The quantitative estimate of drug-likeness (QED) is 0.749. The second-order valence-electron chi connectivity index (χ2n) is 7.00. The maximum Gasteiger partial charge on any atom is 0.311 e. The van der Waals surface area contributed by atoms with Crippen LogP contribution in [0.5, 0.6) is 0 Å². The lowest BCUT2D eigenvalue weighted by atomic mass is 9.86. The SMILES string of the molecule is CC1CC(C)CN(C(=O)C(=O)NC2CCCCC2C)C1. The summed E-state index contributed by atoms with van der Waals surface area (Å²) in [5.41, 5.74) is 0. The number of carbonyl (C=O) groups is 2. The molecule has 4 nitrogen and oxygen atoms in total. The summed E-state index contributed by atoms with van der Waals surface area (Å²) in [5, 5.41) is 2.97. The maximum atomic E-state index is 12.3. The van der Waals surface area contributed by atoms with Crippen molar-refractivity contribution in [2.75, 3.05) is 13.1 Å². The molecule has 0 radical (unpaired) electrons. The Labute approximate surface area is 122 Å². The molecule has 0 bridgehead atoms. The summed E-state index contributed by atoms with van der Waals surface area (Å²) in [4.78, 5) is 26.2. The van der Waals surface area contributed by atoms with Crippen LogP contribution in [0.15, 0.2) is 0 Å². The van der Waals surface area contributed by atoms with Crippen LogP contribution in [0, 0.1) is 17.8 Å². The Morgan fingerprint density at radius 2 is 1.60 bits per heavy atom. The molecule has 1 saturated heterocycles. The molecule has 4 unspecified atom stereocenters. The van der Waals surface area contributed by atoms with Gasteiger partial charge in [0.25, 0.3) is 0 Å². The molecule has 2 amide bonds. The average Bonchev–Trinajstić information content (AvgIpc) is 2.39. The number of nitrogens with one attached hydrogen (secondary N) is 1. The average molecular weight is 280 g/mol. The molecule has 2 rings (SSSR count). The van der Waals surface area contributed by atoms with Gasteiger partial charge in [0, 0.05) is 19.1 Å². The van der Waals surface area contributed by atoms with Crippen molar-refractivity contribution < 1.29 is 9.59 Å². The molecule has 0 aromatic rings. The van der Waals surface area contributed by atoms with Gasteiger partial charge in [-0.1, -0.05) is 33.6 Å². The highest BCUT2D eigenvalue weighted by atomic mass is 16.2. The third-order valence-corrected chi connectivity index (χ3v) is 4.78. The van der Waals surface area contributed by atoms with E-state index in [4.69, 9.17) is 0 Å². The molecular formula is C16H28N2O2. The van der Waals surface area contributed by atoms with Gasteiger partial charge in [-0.2, -0.15) is 0 Å². The Balaban J connectivity index is 1.89. The molecule has 1 N–H and O–H groups in total. The third-order valence-electron chi connectivity index (χ3n) is 4.78. The van der Waals surface area contributed by atoms with Gasteiger partial charge in [0.05, 0.1) is 0 Å². The molecule has 0 aromatic heterocycles. The van der Waals surface area contributed by atoms with E-state index in [0.29, 0.717) is 17.8 Å². The van der Waals surface area contributed by atoms with Crippen LogP contribution < -0.4 is 5.32 Å². The van der Waals surface area contributed by atoms with E-state index in [0.717, 1.165) is 38.8 Å². The number of rotatable bonds is 1. The summed E-state index contributed by atoms with van der Waals surface area (Å²) in [6.45, 7) is 7.90. The van der Waals surface area contributed by atoms with Crippen LogP contribution in [0.4, 0.5) is 0 Å². The zero-order chi connectivity index (χ0) is 14.7. The van der Waals surface area contributed by atoms with Gasteiger partial charge in [-0.3, -0.25) is 9.59 Å². The van der Waals surface area contributed by atoms with E-state index in [9.17, 15) is 9.59 Å². The van der Waals surface area contributed by atoms with Crippen LogP contribution in [-0.2, 0) is 9.59 Å². The summed E-state index contributed by atoms with van der Waals surface area (Å²) in [5.74, 6) is 0.735. The molecule has 2 aliphatic rings. The van der Waals surface area contributed by atoms with Crippen LogP contribution in [0.1, 0.15) is 52.9 Å². The topological polar surface area (TPSA) is 49.4 Å². The highest BCUT2D eigenvalue weighted by molar-refractivity contribution is 6.35. The van der Waals surface area contributed by atoms with Crippen molar-refractivity contribution in [3.8, 4) is 0 Å². The van der Waals surface area contributed by atoms with Crippen molar-refractivity contribution in [2.45, 2.75) is 58.9 Å². The van der Waals surface area contributed by atoms with Crippen LogP contribution in [0.25, 0.3) is 0 Å². The monoisotopic (exact) mass is 280 g/mol. The number of hydrogen-bond donors (Lipinski definition) is 1. The zero-order valence-corrected chi connectivity index (χ0v) is 13.0. The highest BCUT2D eigenvalue weighted by Gasteiger charge is 2.31. The molecular weight excluding hydrogens is 252 g/mol. The molecule has 0 aromatic carbocycles. The molecule has 114 valence electrons. The van der Waals surface area contributed by atoms with Gasteiger partial charge in [0.15, 0.2) is 0 Å². The predicted octanol–water partition coefficient (Wildman–Crippen LogP) is 2.19. The fourth-order valence-corrected chi connectivity index (χ4v) is 3.73. The predicted molar refractivity (Wildman–Crippen MR) is 79.1 cm³/mol. The van der Waals surface area contributed by atoms with Crippen molar-refractivity contribution in [3.05, 3.63) is 0 Å². The first-order valence-electron chi connectivity index (χ1n) is 8.07. The van der Waals surface area contributed by atoms with Gasteiger partial charge in [-0.15, -0.1) is 0 Å². The van der Waals surface area contributed by atoms with Gasteiger partial charge in [0.2, 0.25) is 0 Å². The smallest absolute Gasteiger partial charge is 0.311 e. The largest absolute Gasteiger partial charge is 0.345 e. The number of carbonyl (C=O) groups excluding carboxylic acids is 2. The summed E-state index contributed by atoms with van der Waals surface area (Å²) >= 11 is 0. The van der Waals surface area contributed by atoms with Crippen LogP contribution >= 0.6 is 0 Å². The summed E-state index contributed by atoms with van der Waals surface area (Å²) in [6, 6.07) is 0.180. The molecule has 4 heteroatoms. The summed E-state index contributed by atoms with van der Waals surface area (Å²) < 4.78 is 0. The molecule has 2 fully saturated rings. The minimum atomic E-state index is -0.398. The first-order valence-corrected chi connectivity index (χ1v) is 8.07. The Hall–Kier alpha value is -1.06. The van der Waals surface area contributed by atoms with Gasteiger partial charge in [-0.05, 0) is 37.0 Å². The van der Waals surface area contributed by atoms with Gasteiger partial charge in [-0.25, -0.2) is 0 Å². The Bertz CT molecular complexity index is 359. The zero-order valence-electron chi connectivity index (χ0n) is 13.0. The molecule has 0 spiro atoms. The molecule has 1 aliphatic carbocycles. The van der Waals surface area contributed by atoms with E-state index >= 15 is 0 Å². The van der Waals surface area contributed by atoms with Crippen molar-refractivity contribution in [2.24, 2.45) is 17.8 Å². The van der Waals surface area contributed by atoms with E-state index in [1.54, 1.807) is 4.90 Å². The molecule has 1 aliphatic heterocycles. The Morgan fingerprint density at radius 1 is 1.00 bits per heavy atom.